The van der Waals surface area contributed by atoms with E-state index in [0.717, 1.165) is 36.6 Å². The second-order valence-electron chi connectivity index (χ2n) is 6.43. The van der Waals surface area contributed by atoms with Crippen molar-refractivity contribution in [2.24, 2.45) is 4.99 Å². The van der Waals surface area contributed by atoms with Crippen LogP contribution in [0, 0.1) is 0 Å². The van der Waals surface area contributed by atoms with E-state index in [-0.39, 0.29) is 5.56 Å². The summed E-state index contributed by atoms with van der Waals surface area (Å²) < 4.78 is 1.70. The van der Waals surface area contributed by atoms with Crippen molar-refractivity contribution in [2.75, 3.05) is 13.1 Å². The molecule has 3 aromatic rings. The van der Waals surface area contributed by atoms with E-state index < -0.39 is 0 Å². The van der Waals surface area contributed by atoms with Crippen LogP contribution in [0.5, 0.6) is 0 Å². The van der Waals surface area contributed by atoms with Crippen LogP contribution in [0.4, 0.5) is 0 Å². The maximum Gasteiger partial charge on any atom is 0.250 e. The van der Waals surface area contributed by atoms with Crippen LogP contribution in [-0.4, -0.2) is 23.6 Å². The van der Waals surface area contributed by atoms with Gasteiger partial charge in [-0.2, -0.15) is 0 Å². The van der Waals surface area contributed by atoms with Gasteiger partial charge in [-0.3, -0.25) is 4.79 Å². The summed E-state index contributed by atoms with van der Waals surface area (Å²) >= 11 is 1.78. The van der Waals surface area contributed by atoms with Crippen LogP contribution >= 0.6 is 11.3 Å². The minimum absolute atomic E-state index is 0.0140. The maximum atomic E-state index is 11.8. The van der Waals surface area contributed by atoms with Gasteiger partial charge >= 0.3 is 0 Å². The highest BCUT2D eigenvalue weighted by Crippen LogP contribution is 2.09. The van der Waals surface area contributed by atoms with Gasteiger partial charge in [0.05, 0.1) is 13.1 Å². The number of benzene rings is 1. The topological polar surface area (TPSA) is 58.4 Å². The largest absolute Gasteiger partial charge is 0.357 e. The first kappa shape index (κ1) is 19.9. The molecule has 3 rings (SSSR count). The standard InChI is InChI=1S/C22H26N4OS/c1-2-23-22(24-13-12-20-6-5-15-28-20)25-16-18-8-10-19(11-9-18)17-26-14-4-3-7-21(26)27/h3-11,14-15H,2,12-13,16-17H2,1H3,(H2,23,24,25). The SMILES string of the molecule is CCNC(=NCc1ccc(Cn2ccccc2=O)cc1)NCCc1cccs1. The van der Waals surface area contributed by atoms with Crippen molar-refractivity contribution in [3.8, 4) is 0 Å². The molecule has 2 heterocycles. The van der Waals surface area contributed by atoms with E-state index in [1.165, 1.54) is 4.88 Å². The van der Waals surface area contributed by atoms with Gasteiger partial charge in [-0.1, -0.05) is 36.4 Å². The third-order valence-corrected chi connectivity index (χ3v) is 5.22. The fourth-order valence-corrected chi connectivity index (χ4v) is 3.52. The summed E-state index contributed by atoms with van der Waals surface area (Å²) in [5.41, 5.74) is 2.25. The summed E-state index contributed by atoms with van der Waals surface area (Å²) in [6.07, 6.45) is 2.81. The lowest BCUT2D eigenvalue weighted by Crippen LogP contribution is -2.38. The predicted molar refractivity (Wildman–Crippen MR) is 117 cm³/mol. The first-order valence-electron chi connectivity index (χ1n) is 9.52. The molecule has 0 amide bonds. The van der Waals surface area contributed by atoms with E-state index in [1.807, 2.05) is 12.3 Å². The van der Waals surface area contributed by atoms with E-state index >= 15 is 0 Å². The zero-order chi connectivity index (χ0) is 19.6. The molecule has 0 aliphatic heterocycles. The lowest BCUT2D eigenvalue weighted by atomic mass is 10.1. The van der Waals surface area contributed by atoms with Crippen molar-refractivity contribution in [3.05, 3.63) is 92.5 Å². The van der Waals surface area contributed by atoms with Crippen LogP contribution in [0.15, 0.2) is 76.0 Å². The Morgan fingerprint density at radius 3 is 2.57 bits per heavy atom. The lowest BCUT2D eigenvalue weighted by Gasteiger charge is -2.11. The van der Waals surface area contributed by atoms with Crippen molar-refractivity contribution in [2.45, 2.75) is 26.4 Å². The third kappa shape index (κ3) is 6.09. The summed E-state index contributed by atoms with van der Waals surface area (Å²) in [5.74, 6) is 0.832. The Labute approximate surface area is 169 Å². The van der Waals surface area contributed by atoms with Gasteiger partial charge in [0.2, 0.25) is 0 Å². The molecule has 0 spiro atoms. The molecule has 5 nitrogen and oxygen atoms in total. The number of hydrogen-bond acceptors (Lipinski definition) is 3. The van der Waals surface area contributed by atoms with Crippen LogP contribution < -0.4 is 16.2 Å². The van der Waals surface area contributed by atoms with Crippen LogP contribution in [0.1, 0.15) is 22.9 Å². The molecule has 0 atom stereocenters. The monoisotopic (exact) mass is 394 g/mol. The number of nitrogens with zero attached hydrogens (tertiary/aromatic N) is 2. The first-order chi connectivity index (χ1) is 13.7. The summed E-state index contributed by atoms with van der Waals surface area (Å²) in [6.45, 7) is 4.94. The molecule has 0 aliphatic carbocycles. The molecule has 2 N–H and O–H groups in total. The van der Waals surface area contributed by atoms with E-state index in [4.69, 9.17) is 0 Å². The van der Waals surface area contributed by atoms with Crippen molar-refractivity contribution in [1.29, 1.82) is 0 Å². The molecule has 0 unspecified atom stereocenters. The zero-order valence-corrected chi connectivity index (χ0v) is 16.9. The number of thiophene rings is 1. The Kier molecular flexibility index (Phi) is 7.44. The van der Waals surface area contributed by atoms with Crippen molar-refractivity contribution in [1.82, 2.24) is 15.2 Å². The van der Waals surface area contributed by atoms with Gasteiger partial charge in [-0.05, 0) is 42.0 Å². The predicted octanol–water partition coefficient (Wildman–Crippen LogP) is 3.26. The minimum atomic E-state index is 0.0140. The number of hydrogen-bond donors (Lipinski definition) is 2. The number of aliphatic imine (C=N–C) groups is 1. The van der Waals surface area contributed by atoms with Gasteiger partial charge in [-0.15, -0.1) is 11.3 Å². The molecule has 1 aromatic carbocycles. The highest BCUT2D eigenvalue weighted by atomic mass is 32.1. The van der Waals surface area contributed by atoms with Gasteiger partial charge in [0, 0.05) is 30.2 Å². The van der Waals surface area contributed by atoms with E-state index in [1.54, 1.807) is 28.0 Å². The van der Waals surface area contributed by atoms with Gasteiger partial charge in [0.25, 0.3) is 5.56 Å². The van der Waals surface area contributed by atoms with Crippen molar-refractivity contribution in [3.63, 3.8) is 0 Å². The Bertz CT molecular complexity index is 930. The molecule has 2 aromatic heterocycles. The number of nitrogens with one attached hydrogen (secondary N) is 2. The Hall–Kier alpha value is -2.86. The Balaban J connectivity index is 1.54. The molecule has 6 heteroatoms. The van der Waals surface area contributed by atoms with Crippen molar-refractivity contribution >= 4 is 17.3 Å². The molecular weight excluding hydrogens is 368 g/mol. The highest BCUT2D eigenvalue weighted by molar-refractivity contribution is 7.09. The fraction of sp³-hybridized carbons (Fsp3) is 0.273. The van der Waals surface area contributed by atoms with Crippen LogP contribution in [0.25, 0.3) is 0 Å². The second-order valence-corrected chi connectivity index (χ2v) is 7.47. The molecule has 0 saturated heterocycles. The molecule has 0 fully saturated rings. The van der Waals surface area contributed by atoms with Gasteiger partial charge < -0.3 is 15.2 Å². The summed E-state index contributed by atoms with van der Waals surface area (Å²) in [5, 5.41) is 8.78. The fourth-order valence-electron chi connectivity index (χ4n) is 2.81. The average Bonchev–Trinajstić information content (AvgIpc) is 3.22. The van der Waals surface area contributed by atoms with Gasteiger partial charge in [0.15, 0.2) is 5.96 Å². The summed E-state index contributed by atoms with van der Waals surface area (Å²) in [4.78, 5) is 17.9. The smallest absolute Gasteiger partial charge is 0.250 e. The summed E-state index contributed by atoms with van der Waals surface area (Å²) in [6, 6.07) is 17.7. The van der Waals surface area contributed by atoms with Crippen molar-refractivity contribution < 1.29 is 0 Å². The Morgan fingerprint density at radius 2 is 1.86 bits per heavy atom. The number of rotatable bonds is 8. The Morgan fingerprint density at radius 1 is 1.04 bits per heavy atom. The second kappa shape index (κ2) is 10.5. The number of aromatic nitrogens is 1. The number of pyridine rings is 1. The molecule has 28 heavy (non-hydrogen) atoms. The maximum absolute atomic E-state index is 11.8. The van der Waals surface area contributed by atoms with E-state index in [9.17, 15) is 4.79 Å². The summed E-state index contributed by atoms with van der Waals surface area (Å²) in [7, 11) is 0. The normalized spacial score (nSPS) is 11.4. The molecular formula is C22H26N4OS. The van der Waals surface area contributed by atoms with Crippen LogP contribution in [-0.2, 0) is 19.5 Å². The first-order valence-corrected chi connectivity index (χ1v) is 10.4. The molecule has 146 valence electrons. The lowest BCUT2D eigenvalue weighted by molar-refractivity contribution is 0.759. The quantitative estimate of drug-likeness (QED) is 0.455. The molecule has 0 radical (unpaired) electrons. The van der Waals surface area contributed by atoms with Crippen LogP contribution in [0.2, 0.25) is 0 Å². The minimum Gasteiger partial charge on any atom is -0.357 e. The zero-order valence-electron chi connectivity index (χ0n) is 16.1. The highest BCUT2D eigenvalue weighted by Gasteiger charge is 2.01. The molecule has 0 bridgehead atoms. The van der Waals surface area contributed by atoms with Gasteiger partial charge in [0.1, 0.15) is 0 Å². The third-order valence-electron chi connectivity index (χ3n) is 4.28. The van der Waals surface area contributed by atoms with Crippen LogP contribution in [0.3, 0.4) is 0 Å². The van der Waals surface area contributed by atoms with E-state index in [0.29, 0.717) is 13.1 Å². The van der Waals surface area contributed by atoms with Gasteiger partial charge in [-0.25, -0.2) is 4.99 Å². The molecule has 0 aliphatic rings. The molecule has 0 saturated carbocycles. The average molecular weight is 395 g/mol. The van der Waals surface area contributed by atoms with E-state index in [2.05, 4.69) is 64.3 Å². The number of guanidine groups is 1.